The predicted molar refractivity (Wildman–Crippen MR) is 228 cm³/mol. The van der Waals surface area contributed by atoms with Gasteiger partial charge in [0.1, 0.15) is 24.1 Å². The highest BCUT2D eigenvalue weighted by Gasteiger charge is 2.44. The van der Waals surface area contributed by atoms with Crippen molar-refractivity contribution in [3.8, 4) is 11.5 Å². The standard InChI is InChI=1S/C48H53N5O6/c1-2-40(33-7-4-3-5-8-33)45(34-10-15-38(54)16-11-34)35-12-17-39(18-13-35)59-28-27-51-25-22-32(23-26-51)30-52-24-6-9-37(31-52)49-36-14-19-41-42(29-36)48(58)53(47(41)57)43-20-21-44(55)50-46(43)56/h3-5,7-8,10-19,29,32,37,43,49,54H,2,6,9,20-28,30-31H2,1H3,(H,50,55,56). The number of anilines is 1. The van der Waals surface area contributed by atoms with Crippen LogP contribution in [0.2, 0.25) is 0 Å². The van der Waals surface area contributed by atoms with Crippen LogP contribution in [-0.2, 0) is 9.59 Å². The molecule has 59 heavy (non-hydrogen) atoms. The van der Waals surface area contributed by atoms with Crippen molar-refractivity contribution in [2.75, 3.05) is 51.2 Å². The largest absolute Gasteiger partial charge is 0.508 e. The summed E-state index contributed by atoms with van der Waals surface area (Å²) in [7, 11) is 0. The number of carbonyl (C=O) groups excluding carboxylic acids is 4. The minimum atomic E-state index is -0.969. The molecule has 4 aliphatic rings. The Labute approximate surface area is 346 Å². The van der Waals surface area contributed by atoms with Crippen molar-refractivity contribution in [3.05, 3.63) is 125 Å². The molecule has 2 unspecified atom stereocenters. The van der Waals surface area contributed by atoms with Gasteiger partial charge in [0.15, 0.2) is 0 Å². The van der Waals surface area contributed by atoms with E-state index in [1.807, 2.05) is 24.3 Å². The second kappa shape index (κ2) is 18.0. The van der Waals surface area contributed by atoms with E-state index in [0.29, 0.717) is 23.7 Å². The summed E-state index contributed by atoms with van der Waals surface area (Å²) < 4.78 is 6.25. The maximum Gasteiger partial charge on any atom is 0.262 e. The SMILES string of the molecule is CCC(=C(c1ccc(O)cc1)c1ccc(OCCN2CCC(CN3CCCC(Nc4ccc5c(c4)C(=O)N(C4CCC(=O)NC4=O)C5=O)C3)CC2)cc1)c1ccccc1. The third kappa shape index (κ3) is 9.11. The van der Waals surface area contributed by atoms with E-state index >= 15 is 0 Å². The first kappa shape index (κ1) is 40.0. The summed E-state index contributed by atoms with van der Waals surface area (Å²) in [6.07, 6.45) is 5.52. The lowest BCUT2D eigenvalue weighted by molar-refractivity contribution is -0.136. The first-order chi connectivity index (χ1) is 28.7. The molecule has 3 N–H and O–H groups in total. The van der Waals surface area contributed by atoms with Gasteiger partial charge in [-0.15, -0.1) is 0 Å². The Kier molecular flexibility index (Phi) is 12.2. The summed E-state index contributed by atoms with van der Waals surface area (Å²) in [6.45, 7) is 8.86. The molecule has 3 fully saturated rings. The quantitative estimate of drug-likeness (QED) is 0.0985. The molecule has 4 aromatic rings. The Bertz CT molecular complexity index is 2200. The number of fused-ring (bicyclic) bond motifs is 1. The van der Waals surface area contributed by atoms with Gasteiger partial charge in [0, 0.05) is 37.8 Å². The van der Waals surface area contributed by atoms with Crippen LogP contribution in [-0.4, -0.2) is 101 Å². The molecule has 2 atom stereocenters. The molecule has 8 rings (SSSR count). The van der Waals surface area contributed by atoms with Crippen molar-refractivity contribution in [1.29, 1.82) is 0 Å². The number of amides is 4. The van der Waals surface area contributed by atoms with Crippen LogP contribution in [0.4, 0.5) is 5.69 Å². The summed E-state index contributed by atoms with van der Waals surface area (Å²) >= 11 is 0. The Morgan fingerprint density at radius 2 is 1.49 bits per heavy atom. The van der Waals surface area contributed by atoms with Crippen LogP contribution in [0.25, 0.3) is 11.1 Å². The predicted octanol–water partition coefficient (Wildman–Crippen LogP) is 6.83. The fourth-order valence-corrected chi connectivity index (χ4v) is 9.21. The van der Waals surface area contributed by atoms with Crippen LogP contribution in [0.3, 0.4) is 0 Å². The highest BCUT2D eigenvalue weighted by Crippen LogP contribution is 2.36. The smallest absolute Gasteiger partial charge is 0.262 e. The van der Waals surface area contributed by atoms with Crippen molar-refractivity contribution in [2.24, 2.45) is 5.92 Å². The van der Waals surface area contributed by atoms with E-state index in [2.05, 4.69) is 75.9 Å². The Morgan fingerprint density at radius 1 is 0.780 bits per heavy atom. The molecule has 0 aliphatic carbocycles. The molecule has 0 radical (unpaired) electrons. The fraction of sp³-hybridized carbons (Fsp3) is 0.375. The van der Waals surface area contributed by atoms with Crippen LogP contribution in [0, 0.1) is 5.92 Å². The Balaban J connectivity index is 0.796. The number of phenols is 1. The monoisotopic (exact) mass is 795 g/mol. The highest BCUT2D eigenvalue weighted by atomic mass is 16.5. The molecule has 4 aliphatic heterocycles. The first-order valence-electron chi connectivity index (χ1n) is 21.1. The molecule has 4 aromatic carbocycles. The van der Waals surface area contributed by atoms with E-state index in [1.54, 1.807) is 24.3 Å². The van der Waals surface area contributed by atoms with Gasteiger partial charge in [0.05, 0.1) is 11.1 Å². The van der Waals surface area contributed by atoms with Gasteiger partial charge < -0.3 is 20.1 Å². The molecule has 0 spiro atoms. The van der Waals surface area contributed by atoms with Gasteiger partial charge in [-0.05, 0) is 134 Å². The number of benzene rings is 4. The van der Waals surface area contributed by atoms with E-state index in [0.717, 1.165) is 104 Å². The van der Waals surface area contributed by atoms with Gasteiger partial charge in [-0.2, -0.15) is 0 Å². The van der Waals surface area contributed by atoms with Crippen LogP contribution in [0.15, 0.2) is 97.1 Å². The first-order valence-corrected chi connectivity index (χ1v) is 21.1. The van der Waals surface area contributed by atoms with Gasteiger partial charge in [0.2, 0.25) is 11.8 Å². The summed E-state index contributed by atoms with van der Waals surface area (Å²) in [4.78, 5) is 56.6. The molecular formula is C48H53N5O6. The minimum absolute atomic E-state index is 0.0968. The van der Waals surface area contributed by atoms with E-state index in [9.17, 15) is 24.3 Å². The Hall–Kier alpha value is -5.78. The molecule has 0 bridgehead atoms. The van der Waals surface area contributed by atoms with Crippen LogP contribution < -0.4 is 15.4 Å². The van der Waals surface area contributed by atoms with Crippen molar-refractivity contribution >= 4 is 40.5 Å². The van der Waals surface area contributed by atoms with Gasteiger partial charge in [-0.3, -0.25) is 34.3 Å². The number of hydrogen-bond acceptors (Lipinski definition) is 9. The second-order valence-electron chi connectivity index (χ2n) is 16.2. The number of imide groups is 2. The molecule has 11 nitrogen and oxygen atoms in total. The lowest BCUT2D eigenvalue weighted by Crippen LogP contribution is -2.54. The summed E-state index contributed by atoms with van der Waals surface area (Å²) in [5.74, 6) is -0.216. The topological polar surface area (TPSA) is 132 Å². The lowest BCUT2D eigenvalue weighted by atomic mass is 9.88. The number of carbonyl (C=O) groups is 4. The second-order valence-corrected chi connectivity index (χ2v) is 16.2. The van der Waals surface area contributed by atoms with Crippen molar-refractivity contribution in [1.82, 2.24) is 20.0 Å². The average Bonchev–Trinajstić information content (AvgIpc) is 3.49. The van der Waals surface area contributed by atoms with Crippen LogP contribution >= 0.6 is 0 Å². The minimum Gasteiger partial charge on any atom is -0.508 e. The number of rotatable bonds is 13. The number of nitrogens with zero attached hydrogens (tertiary/aromatic N) is 3. The maximum absolute atomic E-state index is 13.3. The zero-order valence-corrected chi connectivity index (χ0v) is 33.7. The third-order valence-electron chi connectivity index (χ3n) is 12.3. The summed E-state index contributed by atoms with van der Waals surface area (Å²) in [5.41, 5.74) is 7.15. The lowest BCUT2D eigenvalue weighted by Gasteiger charge is -2.38. The van der Waals surface area contributed by atoms with E-state index in [1.165, 1.54) is 11.1 Å². The number of allylic oxidation sites excluding steroid dienone is 1. The normalized spacial score (nSPS) is 20.9. The molecular weight excluding hydrogens is 743 g/mol. The van der Waals surface area contributed by atoms with E-state index in [-0.39, 0.29) is 30.5 Å². The molecule has 306 valence electrons. The van der Waals surface area contributed by atoms with Crippen molar-refractivity contribution in [3.63, 3.8) is 0 Å². The molecule has 0 aromatic heterocycles. The average molecular weight is 796 g/mol. The molecule has 4 heterocycles. The third-order valence-corrected chi connectivity index (χ3v) is 12.3. The number of piperidine rings is 3. The van der Waals surface area contributed by atoms with Crippen molar-refractivity contribution < 1.29 is 29.0 Å². The number of ether oxygens (including phenoxy) is 1. The molecule has 4 amide bonds. The van der Waals surface area contributed by atoms with Crippen LogP contribution in [0.5, 0.6) is 11.5 Å². The summed E-state index contributed by atoms with van der Waals surface area (Å²) in [6, 6.07) is 30.8. The number of likely N-dealkylation sites (tertiary alicyclic amines) is 2. The molecule has 0 saturated carbocycles. The number of phenolic OH excluding ortho intramolecular Hbond substituents is 1. The summed E-state index contributed by atoms with van der Waals surface area (Å²) in [5, 5.41) is 15.8. The van der Waals surface area contributed by atoms with Gasteiger partial charge in [-0.25, -0.2) is 0 Å². The van der Waals surface area contributed by atoms with Gasteiger partial charge in [-0.1, -0.05) is 61.5 Å². The van der Waals surface area contributed by atoms with Gasteiger partial charge in [0.25, 0.3) is 11.8 Å². The molecule has 11 heteroatoms. The molecule has 3 saturated heterocycles. The van der Waals surface area contributed by atoms with E-state index in [4.69, 9.17) is 4.74 Å². The number of hydrogen-bond donors (Lipinski definition) is 3. The fourth-order valence-electron chi connectivity index (χ4n) is 9.21. The number of aromatic hydroxyl groups is 1. The van der Waals surface area contributed by atoms with E-state index < -0.39 is 23.8 Å². The zero-order valence-electron chi connectivity index (χ0n) is 33.7. The maximum atomic E-state index is 13.3. The number of nitrogens with one attached hydrogen (secondary N) is 2. The highest BCUT2D eigenvalue weighted by molar-refractivity contribution is 6.23. The van der Waals surface area contributed by atoms with Crippen LogP contribution in [0.1, 0.15) is 89.3 Å². The Morgan fingerprint density at radius 3 is 2.20 bits per heavy atom. The van der Waals surface area contributed by atoms with Crippen molar-refractivity contribution in [2.45, 2.75) is 64.0 Å². The van der Waals surface area contributed by atoms with Gasteiger partial charge >= 0.3 is 0 Å². The zero-order chi connectivity index (χ0) is 40.9.